The van der Waals surface area contributed by atoms with Crippen molar-refractivity contribution in [3.05, 3.63) is 42.5 Å². The molecule has 2 aromatic rings. The molecule has 0 fully saturated rings. The molecule has 0 bridgehead atoms. The third-order valence-electron chi connectivity index (χ3n) is 5.95. The molecule has 0 aromatic heterocycles. The molecular formula is C27H38Cl3N3OS. The lowest BCUT2D eigenvalue weighted by atomic mass is 10.1. The minimum absolute atomic E-state index is 0.169. The molecule has 4 nitrogen and oxygen atoms in total. The van der Waals surface area contributed by atoms with Gasteiger partial charge >= 0.3 is 0 Å². The molecule has 0 aliphatic carbocycles. The Labute approximate surface area is 230 Å². The van der Waals surface area contributed by atoms with Crippen molar-refractivity contribution < 1.29 is 4.79 Å². The lowest BCUT2D eigenvalue weighted by Gasteiger charge is -2.28. The summed E-state index contributed by atoms with van der Waals surface area (Å²) < 4.78 is -1.77. The zero-order valence-electron chi connectivity index (χ0n) is 20.6. The van der Waals surface area contributed by atoms with E-state index >= 15 is 0 Å². The minimum Gasteiger partial charge on any atom is -0.339 e. The Kier molecular flexibility index (Phi) is 14.1. The average Bonchev–Trinajstić information content (AvgIpc) is 2.82. The van der Waals surface area contributed by atoms with E-state index in [9.17, 15) is 4.79 Å². The highest BCUT2D eigenvalue weighted by atomic mass is 35.6. The van der Waals surface area contributed by atoms with Crippen LogP contribution >= 0.6 is 47.0 Å². The van der Waals surface area contributed by atoms with E-state index in [0.717, 1.165) is 35.7 Å². The molecule has 2 rings (SSSR count). The van der Waals surface area contributed by atoms with Gasteiger partial charge in [0, 0.05) is 17.5 Å². The number of anilines is 1. The summed E-state index contributed by atoms with van der Waals surface area (Å²) in [4.78, 5) is 12.5. The van der Waals surface area contributed by atoms with Crippen LogP contribution in [0, 0.1) is 0 Å². The highest BCUT2D eigenvalue weighted by Crippen LogP contribution is 2.29. The number of benzene rings is 2. The molecular weight excluding hydrogens is 521 g/mol. The van der Waals surface area contributed by atoms with E-state index in [0.29, 0.717) is 6.42 Å². The van der Waals surface area contributed by atoms with Gasteiger partial charge in [-0.1, -0.05) is 142 Å². The van der Waals surface area contributed by atoms with Gasteiger partial charge < -0.3 is 16.0 Å². The van der Waals surface area contributed by atoms with Crippen molar-refractivity contribution in [3.63, 3.8) is 0 Å². The summed E-state index contributed by atoms with van der Waals surface area (Å²) in [6, 6.07) is 13.9. The summed E-state index contributed by atoms with van der Waals surface area (Å²) >= 11 is 23.8. The Morgan fingerprint density at radius 1 is 0.829 bits per heavy atom. The number of unbranched alkanes of at least 4 members (excludes halogenated alkanes) is 10. The van der Waals surface area contributed by atoms with E-state index in [1.165, 1.54) is 51.4 Å². The molecule has 0 saturated heterocycles. The van der Waals surface area contributed by atoms with E-state index in [4.69, 9.17) is 47.0 Å². The number of fused-ring (bicyclic) bond motifs is 1. The number of thiocarbonyl (C=S) groups is 1. The van der Waals surface area contributed by atoms with Gasteiger partial charge in [0.15, 0.2) is 5.11 Å². The number of halogens is 3. The van der Waals surface area contributed by atoms with Crippen LogP contribution in [0.15, 0.2) is 42.5 Å². The number of rotatable bonds is 15. The molecule has 3 N–H and O–H groups in total. The van der Waals surface area contributed by atoms with Crippen molar-refractivity contribution in [1.82, 2.24) is 10.6 Å². The van der Waals surface area contributed by atoms with Gasteiger partial charge in [-0.15, -0.1) is 0 Å². The molecule has 1 amide bonds. The third-order valence-corrected chi connectivity index (χ3v) is 6.83. The highest BCUT2D eigenvalue weighted by molar-refractivity contribution is 7.80. The van der Waals surface area contributed by atoms with E-state index in [1.54, 1.807) is 0 Å². The summed E-state index contributed by atoms with van der Waals surface area (Å²) in [5.74, 6) is -0.169. The van der Waals surface area contributed by atoms with E-state index in [1.807, 2.05) is 42.5 Å². The second-order valence-corrected chi connectivity index (χ2v) is 11.7. The topological polar surface area (TPSA) is 53.2 Å². The number of amides is 1. The number of hydrogen-bond donors (Lipinski definition) is 3. The van der Waals surface area contributed by atoms with Crippen LogP contribution in [0.1, 0.15) is 84.0 Å². The Morgan fingerprint density at radius 3 is 2.03 bits per heavy atom. The van der Waals surface area contributed by atoms with E-state index in [-0.39, 0.29) is 11.0 Å². The number of carbonyl (C=O) groups excluding carboxylic acids is 1. The largest absolute Gasteiger partial charge is 0.339 e. The second-order valence-electron chi connectivity index (χ2n) is 8.95. The van der Waals surface area contributed by atoms with Crippen LogP contribution in [0.5, 0.6) is 0 Å². The normalized spacial score (nSPS) is 12.3. The molecule has 0 radical (unpaired) electrons. The van der Waals surface area contributed by atoms with Gasteiger partial charge in [-0.2, -0.15) is 0 Å². The van der Waals surface area contributed by atoms with Crippen LogP contribution in [-0.2, 0) is 4.79 Å². The van der Waals surface area contributed by atoms with Crippen molar-refractivity contribution in [2.75, 3.05) is 5.32 Å². The Bertz CT molecular complexity index is 915. The first-order chi connectivity index (χ1) is 16.8. The van der Waals surface area contributed by atoms with Crippen molar-refractivity contribution in [2.45, 2.75) is 93.9 Å². The number of nitrogens with one attached hydrogen (secondary N) is 3. The molecule has 0 heterocycles. The smallest absolute Gasteiger partial charge is 0.228 e. The standard InChI is InChI=1S/C27H38Cl3N3OS/c1-2-3-4-5-6-7-8-9-10-11-12-20-24(34)32-25(27(28,29)30)33-26(35)31-23-19-15-17-21-16-13-14-18-22(21)23/h13-19,25H,2-12,20H2,1H3,(H,32,34)(H2,31,33,35). The number of carbonyl (C=O) groups is 1. The predicted molar refractivity (Wildman–Crippen MR) is 157 cm³/mol. The van der Waals surface area contributed by atoms with Gasteiger partial charge in [-0.05, 0) is 30.1 Å². The maximum atomic E-state index is 12.5. The molecule has 0 saturated carbocycles. The molecule has 2 aromatic carbocycles. The summed E-state index contributed by atoms with van der Waals surface area (Å²) in [5, 5.41) is 11.2. The van der Waals surface area contributed by atoms with Gasteiger partial charge in [-0.3, -0.25) is 4.79 Å². The summed E-state index contributed by atoms with van der Waals surface area (Å²) in [5.41, 5.74) is 0.830. The van der Waals surface area contributed by atoms with Crippen LogP contribution < -0.4 is 16.0 Å². The maximum Gasteiger partial charge on any atom is 0.228 e. The molecule has 1 unspecified atom stereocenters. The van der Waals surface area contributed by atoms with Gasteiger partial charge in [0.25, 0.3) is 0 Å². The molecule has 0 aliphatic heterocycles. The zero-order chi connectivity index (χ0) is 25.5. The van der Waals surface area contributed by atoms with Crippen LogP contribution in [-0.4, -0.2) is 21.0 Å². The van der Waals surface area contributed by atoms with Gasteiger partial charge in [0.2, 0.25) is 9.70 Å². The van der Waals surface area contributed by atoms with Crippen molar-refractivity contribution in [1.29, 1.82) is 0 Å². The molecule has 8 heteroatoms. The van der Waals surface area contributed by atoms with Gasteiger partial charge in [-0.25, -0.2) is 0 Å². The third kappa shape index (κ3) is 12.0. The predicted octanol–water partition coefficient (Wildman–Crippen LogP) is 8.64. The summed E-state index contributed by atoms with van der Waals surface area (Å²) in [6.07, 6.45) is 12.9. The quantitative estimate of drug-likeness (QED) is 0.0886. The number of alkyl halides is 3. The fraction of sp³-hybridized carbons (Fsp3) is 0.556. The second kappa shape index (κ2) is 16.5. The fourth-order valence-electron chi connectivity index (χ4n) is 4.01. The van der Waals surface area contributed by atoms with Crippen LogP contribution in [0.25, 0.3) is 10.8 Å². The van der Waals surface area contributed by atoms with E-state index < -0.39 is 9.96 Å². The first-order valence-corrected chi connectivity index (χ1v) is 14.3. The van der Waals surface area contributed by atoms with Gasteiger partial charge in [0.1, 0.15) is 6.17 Å². The molecule has 1 atom stereocenters. The van der Waals surface area contributed by atoms with Crippen molar-refractivity contribution >= 4 is 74.5 Å². The van der Waals surface area contributed by atoms with Crippen LogP contribution in [0.3, 0.4) is 0 Å². The monoisotopic (exact) mass is 557 g/mol. The highest BCUT2D eigenvalue weighted by Gasteiger charge is 2.34. The first kappa shape index (κ1) is 30.0. The van der Waals surface area contributed by atoms with Crippen LogP contribution in [0.2, 0.25) is 0 Å². The molecule has 0 aliphatic rings. The lowest BCUT2D eigenvalue weighted by Crippen LogP contribution is -2.56. The molecule has 35 heavy (non-hydrogen) atoms. The number of hydrogen-bond acceptors (Lipinski definition) is 2. The molecule has 0 spiro atoms. The Morgan fingerprint density at radius 2 is 1.40 bits per heavy atom. The average molecular weight is 559 g/mol. The summed E-state index contributed by atoms with van der Waals surface area (Å²) in [7, 11) is 0. The lowest BCUT2D eigenvalue weighted by molar-refractivity contribution is -0.122. The zero-order valence-corrected chi connectivity index (χ0v) is 23.6. The Hall–Kier alpha value is -1.27. The molecule has 194 valence electrons. The van der Waals surface area contributed by atoms with Crippen LogP contribution in [0.4, 0.5) is 5.69 Å². The first-order valence-electron chi connectivity index (χ1n) is 12.7. The van der Waals surface area contributed by atoms with Gasteiger partial charge in [0.05, 0.1) is 0 Å². The maximum absolute atomic E-state index is 12.5. The van der Waals surface area contributed by atoms with Crippen molar-refractivity contribution in [3.8, 4) is 0 Å². The fourth-order valence-corrected chi connectivity index (χ4v) is 4.56. The van der Waals surface area contributed by atoms with E-state index in [2.05, 4.69) is 22.9 Å². The summed E-state index contributed by atoms with van der Waals surface area (Å²) in [6.45, 7) is 2.24. The Balaban J connectivity index is 1.71. The van der Waals surface area contributed by atoms with Crippen molar-refractivity contribution in [2.24, 2.45) is 0 Å². The SMILES string of the molecule is CCCCCCCCCCCCCC(=O)NC(NC(=S)Nc1cccc2ccccc12)C(Cl)(Cl)Cl. The minimum atomic E-state index is -1.77.